The lowest BCUT2D eigenvalue weighted by atomic mass is 9.84. The average Bonchev–Trinajstić information content (AvgIpc) is 3.21. The lowest BCUT2D eigenvalue weighted by Gasteiger charge is -2.28. The first-order valence-corrected chi connectivity index (χ1v) is 8.53. The Morgan fingerprint density at radius 3 is 2.83 bits per heavy atom. The Kier molecular flexibility index (Phi) is 3.36. The number of rotatable bonds is 3. The smallest absolute Gasteiger partial charge is 0.291 e. The van der Waals surface area contributed by atoms with Gasteiger partial charge in [0.05, 0.1) is 0 Å². The first-order valence-electron chi connectivity index (χ1n) is 8.53. The van der Waals surface area contributed by atoms with Crippen LogP contribution in [0.25, 0.3) is 5.78 Å². The summed E-state index contributed by atoms with van der Waals surface area (Å²) in [6, 6.07) is 2.11. The molecule has 0 saturated heterocycles. The number of nitrogens with one attached hydrogen (secondary N) is 1. The summed E-state index contributed by atoms with van der Waals surface area (Å²) in [4.78, 5) is 21.1. The first kappa shape index (κ1) is 14.6. The minimum atomic E-state index is -0.192. The highest BCUT2D eigenvalue weighted by Crippen LogP contribution is 2.49. The number of fused-ring (bicyclic) bond motifs is 3. The molecule has 0 aromatic carbocycles. The van der Waals surface area contributed by atoms with Crippen molar-refractivity contribution in [3.05, 3.63) is 23.3 Å². The van der Waals surface area contributed by atoms with Crippen LogP contribution < -0.4 is 5.32 Å². The van der Waals surface area contributed by atoms with Crippen molar-refractivity contribution in [2.24, 2.45) is 17.8 Å². The summed E-state index contributed by atoms with van der Waals surface area (Å²) >= 11 is 0. The van der Waals surface area contributed by atoms with Gasteiger partial charge in [-0.1, -0.05) is 6.42 Å². The topological polar surface area (TPSA) is 72.2 Å². The Morgan fingerprint density at radius 1 is 1.30 bits per heavy atom. The number of nitrogens with zero attached hydrogens (tertiary/aromatic N) is 4. The molecule has 2 aliphatic rings. The van der Waals surface area contributed by atoms with Gasteiger partial charge >= 0.3 is 0 Å². The van der Waals surface area contributed by atoms with E-state index in [1.54, 1.807) is 4.52 Å². The van der Waals surface area contributed by atoms with Crippen LogP contribution in [0.5, 0.6) is 0 Å². The molecule has 2 aliphatic carbocycles. The number of aromatic nitrogens is 4. The summed E-state index contributed by atoms with van der Waals surface area (Å²) in [5.41, 5.74) is 1.81. The number of amides is 1. The van der Waals surface area contributed by atoms with Crippen LogP contribution in [-0.2, 0) is 0 Å². The van der Waals surface area contributed by atoms with Crippen LogP contribution >= 0.6 is 0 Å². The molecule has 0 unspecified atom stereocenters. The van der Waals surface area contributed by atoms with Crippen LogP contribution in [0.4, 0.5) is 0 Å². The maximum absolute atomic E-state index is 12.5. The minimum Gasteiger partial charge on any atom is -0.347 e. The van der Waals surface area contributed by atoms with Crippen LogP contribution in [-0.4, -0.2) is 31.5 Å². The van der Waals surface area contributed by atoms with Crippen LogP contribution in [0.1, 0.15) is 54.6 Å². The van der Waals surface area contributed by atoms with Crippen LogP contribution in [0.3, 0.4) is 0 Å². The maximum Gasteiger partial charge on any atom is 0.291 e. The molecule has 2 saturated carbocycles. The molecule has 2 fully saturated rings. The Bertz CT molecular complexity index is 768. The van der Waals surface area contributed by atoms with Gasteiger partial charge in [0.25, 0.3) is 11.7 Å². The minimum absolute atomic E-state index is 0.181. The fourth-order valence-corrected chi connectivity index (χ4v) is 4.55. The van der Waals surface area contributed by atoms with Crippen molar-refractivity contribution in [1.82, 2.24) is 24.9 Å². The molecule has 2 aromatic heterocycles. The number of hydrogen-bond acceptors (Lipinski definition) is 4. The molecule has 0 spiro atoms. The quantitative estimate of drug-likeness (QED) is 0.943. The van der Waals surface area contributed by atoms with Crippen molar-refractivity contribution < 1.29 is 4.79 Å². The monoisotopic (exact) mass is 313 g/mol. The molecule has 0 radical (unpaired) electrons. The van der Waals surface area contributed by atoms with E-state index in [0.717, 1.165) is 23.2 Å². The van der Waals surface area contributed by atoms with E-state index < -0.39 is 0 Å². The molecule has 2 heterocycles. The molecule has 6 nitrogen and oxygen atoms in total. The van der Waals surface area contributed by atoms with Crippen molar-refractivity contribution in [1.29, 1.82) is 0 Å². The molecular weight excluding hydrogens is 290 g/mol. The van der Waals surface area contributed by atoms with Crippen LogP contribution in [0.2, 0.25) is 0 Å². The molecule has 122 valence electrons. The van der Waals surface area contributed by atoms with Gasteiger partial charge in [-0.3, -0.25) is 4.79 Å². The van der Waals surface area contributed by atoms with Crippen molar-refractivity contribution >= 4 is 11.7 Å². The van der Waals surface area contributed by atoms with Crippen LogP contribution in [0.15, 0.2) is 6.07 Å². The highest BCUT2D eigenvalue weighted by atomic mass is 16.2. The largest absolute Gasteiger partial charge is 0.347 e. The zero-order chi connectivity index (χ0) is 16.1. The van der Waals surface area contributed by atoms with Gasteiger partial charge in [-0.25, -0.2) is 9.50 Å². The summed E-state index contributed by atoms with van der Waals surface area (Å²) in [7, 11) is 0. The number of carbonyl (C=O) groups is 1. The lowest BCUT2D eigenvalue weighted by Crippen LogP contribution is -2.40. The van der Waals surface area contributed by atoms with Gasteiger partial charge < -0.3 is 5.32 Å². The summed E-state index contributed by atoms with van der Waals surface area (Å²) in [5, 5.41) is 7.42. The molecule has 4 rings (SSSR count). The molecule has 0 aliphatic heterocycles. The van der Waals surface area contributed by atoms with E-state index in [1.807, 2.05) is 19.9 Å². The van der Waals surface area contributed by atoms with Gasteiger partial charge in [-0.15, -0.1) is 5.10 Å². The fourth-order valence-electron chi connectivity index (χ4n) is 4.55. The third-order valence-electron chi connectivity index (χ3n) is 5.62. The van der Waals surface area contributed by atoms with Crippen LogP contribution in [0, 0.1) is 31.6 Å². The van der Waals surface area contributed by atoms with Gasteiger partial charge in [0, 0.05) is 17.4 Å². The number of hydrogen-bond donors (Lipinski definition) is 1. The Morgan fingerprint density at radius 2 is 2.13 bits per heavy atom. The predicted octanol–water partition coefficient (Wildman–Crippen LogP) is 2.30. The molecule has 2 aromatic rings. The standard InChI is InChI=1S/C17H23N5O/c1-9-6-10(2)22-17(18-9)20-15(21-22)16(23)19-11(3)14-8-12-4-5-13(14)7-12/h6,11-14H,4-5,7-8H2,1-3H3,(H,19,23)/t11-,12-,13-,14-/m1/s1. The second kappa shape index (κ2) is 5.28. The second-order valence-electron chi connectivity index (χ2n) is 7.29. The van der Waals surface area contributed by atoms with Crippen molar-refractivity contribution in [2.45, 2.75) is 52.5 Å². The SMILES string of the molecule is Cc1cc(C)n2nc(C(=O)N[C@H](C)[C@H]3C[C@@H]4CC[C@@H]3C4)nc2n1. The van der Waals surface area contributed by atoms with E-state index >= 15 is 0 Å². The van der Waals surface area contributed by atoms with Gasteiger partial charge in [-0.05, 0) is 63.9 Å². The van der Waals surface area contributed by atoms with E-state index in [9.17, 15) is 4.79 Å². The Balaban J connectivity index is 1.51. The molecule has 23 heavy (non-hydrogen) atoms. The summed E-state index contributed by atoms with van der Waals surface area (Å²) < 4.78 is 1.63. The van der Waals surface area contributed by atoms with Gasteiger partial charge in [0.1, 0.15) is 0 Å². The molecular formula is C17H23N5O. The van der Waals surface area contributed by atoms with Crippen molar-refractivity contribution in [2.75, 3.05) is 0 Å². The third-order valence-corrected chi connectivity index (χ3v) is 5.62. The normalized spacial score (nSPS) is 27.5. The third kappa shape index (κ3) is 2.50. The Labute approximate surface area is 135 Å². The zero-order valence-corrected chi connectivity index (χ0v) is 13.9. The van der Waals surface area contributed by atoms with Gasteiger partial charge in [0.15, 0.2) is 0 Å². The maximum atomic E-state index is 12.5. The number of aryl methyl sites for hydroxylation is 2. The molecule has 6 heteroatoms. The predicted molar refractivity (Wildman–Crippen MR) is 86.1 cm³/mol. The highest BCUT2D eigenvalue weighted by Gasteiger charge is 2.42. The fraction of sp³-hybridized carbons (Fsp3) is 0.647. The summed E-state index contributed by atoms with van der Waals surface area (Å²) in [6.07, 6.45) is 5.30. The van der Waals surface area contributed by atoms with Crippen molar-refractivity contribution in [3.63, 3.8) is 0 Å². The van der Waals surface area contributed by atoms with E-state index in [2.05, 4.69) is 27.3 Å². The van der Waals surface area contributed by atoms with E-state index in [1.165, 1.54) is 25.7 Å². The second-order valence-corrected chi connectivity index (χ2v) is 7.29. The van der Waals surface area contributed by atoms with Crippen molar-refractivity contribution in [3.8, 4) is 0 Å². The number of carbonyl (C=O) groups excluding carboxylic acids is 1. The van der Waals surface area contributed by atoms with E-state index in [0.29, 0.717) is 11.7 Å². The summed E-state index contributed by atoms with van der Waals surface area (Å²) in [5.74, 6) is 2.78. The van der Waals surface area contributed by atoms with E-state index in [-0.39, 0.29) is 17.8 Å². The first-order chi connectivity index (χ1) is 11.0. The summed E-state index contributed by atoms with van der Waals surface area (Å²) in [6.45, 7) is 5.97. The Hall–Kier alpha value is -1.98. The zero-order valence-electron chi connectivity index (χ0n) is 13.9. The molecule has 4 atom stereocenters. The van der Waals surface area contributed by atoms with Gasteiger partial charge in [0.2, 0.25) is 5.82 Å². The lowest BCUT2D eigenvalue weighted by molar-refractivity contribution is 0.0905. The van der Waals surface area contributed by atoms with Gasteiger partial charge in [-0.2, -0.15) is 4.98 Å². The van der Waals surface area contributed by atoms with E-state index in [4.69, 9.17) is 0 Å². The molecule has 2 bridgehead atoms. The molecule has 1 N–H and O–H groups in total. The molecule has 1 amide bonds. The highest BCUT2D eigenvalue weighted by molar-refractivity contribution is 5.91. The average molecular weight is 313 g/mol.